The van der Waals surface area contributed by atoms with Crippen molar-refractivity contribution in [3.05, 3.63) is 59.2 Å². The average Bonchev–Trinajstić information content (AvgIpc) is 2.47. The molecule has 0 heterocycles. The van der Waals surface area contributed by atoms with Crippen molar-refractivity contribution in [1.29, 1.82) is 0 Å². The van der Waals surface area contributed by atoms with Crippen molar-refractivity contribution in [3.8, 4) is 0 Å². The molecule has 0 spiro atoms. The molecule has 0 radical (unpaired) electrons. The van der Waals surface area contributed by atoms with E-state index in [1.165, 1.54) is 36.0 Å². The van der Waals surface area contributed by atoms with Gasteiger partial charge in [0.2, 0.25) is 0 Å². The highest BCUT2D eigenvalue weighted by Gasteiger charge is 2.13. The van der Waals surface area contributed by atoms with Gasteiger partial charge in [-0.3, -0.25) is 0 Å². The lowest BCUT2D eigenvalue weighted by Crippen LogP contribution is -2.20. The Morgan fingerprint density at radius 1 is 1.00 bits per heavy atom. The minimum absolute atomic E-state index is 0.652. The molecule has 2 aromatic carbocycles. The SMILES string of the molecule is Cc1cccc(NC(=S)Nc2cccc3c2CCCC3)c1. The van der Waals surface area contributed by atoms with E-state index >= 15 is 0 Å². The summed E-state index contributed by atoms with van der Waals surface area (Å²) in [6.45, 7) is 2.08. The number of nitrogens with one attached hydrogen (secondary N) is 2. The second kappa shape index (κ2) is 6.27. The fraction of sp³-hybridized carbons (Fsp3) is 0.278. The summed E-state index contributed by atoms with van der Waals surface area (Å²) in [5.74, 6) is 0. The second-order valence-electron chi connectivity index (χ2n) is 5.60. The predicted molar refractivity (Wildman–Crippen MR) is 94.1 cm³/mol. The normalized spacial score (nSPS) is 13.4. The maximum absolute atomic E-state index is 5.44. The summed E-state index contributed by atoms with van der Waals surface area (Å²) in [6, 6.07) is 14.7. The van der Waals surface area contributed by atoms with E-state index in [0.29, 0.717) is 5.11 Å². The molecular weight excluding hydrogens is 276 g/mol. The van der Waals surface area contributed by atoms with Gasteiger partial charge < -0.3 is 10.6 Å². The molecule has 1 aliphatic rings. The number of hydrogen-bond donors (Lipinski definition) is 2. The van der Waals surface area contributed by atoms with Crippen molar-refractivity contribution in [2.45, 2.75) is 32.6 Å². The molecule has 0 saturated heterocycles. The summed E-state index contributed by atoms with van der Waals surface area (Å²) >= 11 is 5.44. The third-order valence-corrected chi connectivity index (χ3v) is 4.12. The second-order valence-corrected chi connectivity index (χ2v) is 6.01. The first kappa shape index (κ1) is 14.1. The van der Waals surface area contributed by atoms with Crippen LogP contribution in [-0.2, 0) is 12.8 Å². The van der Waals surface area contributed by atoms with Gasteiger partial charge in [-0.1, -0.05) is 24.3 Å². The Labute approximate surface area is 131 Å². The highest BCUT2D eigenvalue weighted by Crippen LogP contribution is 2.28. The Hall–Kier alpha value is -1.87. The molecule has 0 bridgehead atoms. The molecule has 2 N–H and O–H groups in total. The molecule has 3 rings (SSSR count). The molecule has 2 nitrogen and oxygen atoms in total. The van der Waals surface area contributed by atoms with E-state index in [4.69, 9.17) is 12.2 Å². The Morgan fingerprint density at radius 2 is 1.81 bits per heavy atom. The van der Waals surface area contributed by atoms with E-state index in [-0.39, 0.29) is 0 Å². The largest absolute Gasteiger partial charge is 0.332 e. The molecule has 0 aliphatic heterocycles. The molecule has 0 aromatic heterocycles. The number of anilines is 2. The van der Waals surface area contributed by atoms with E-state index in [0.717, 1.165) is 17.8 Å². The number of rotatable bonds is 2. The standard InChI is InChI=1S/C18H20N2S/c1-13-6-4-9-15(12-13)19-18(21)20-17-11-5-8-14-7-2-3-10-16(14)17/h4-6,8-9,11-12H,2-3,7,10H2,1H3,(H2,19,20,21). The van der Waals surface area contributed by atoms with Crippen LogP contribution in [0.25, 0.3) is 0 Å². The first-order valence-corrected chi connectivity index (χ1v) is 7.88. The Bertz CT molecular complexity index is 664. The molecule has 3 heteroatoms. The highest BCUT2D eigenvalue weighted by atomic mass is 32.1. The Balaban J connectivity index is 1.73. The van der Waals surface area contributed by atoms with E-state index in [1.54, 1.807) is 0 Å². The maximum atomic E-state index is 5.44. The minimum atomic E-state index is 0.652. The summed E-state index contributed by atoms with van der Waals surface area (Å²) in [4.78, 5) is 0. The molecule has 0 amide bonds. The van der Waals surface area contributed by atoms with Crippen molar-refractivity contribution in [1.82, 2.24) is 0 Å². The lowest BCUT2D eigenvalue weighted by atomic mass is 9.90. The van der Waals surface area contributed by atoms with Crippen molar-refractivity contribution in [3.63, 3.8) is 0 Å². The predicted octanol–water partition coefficient (Wildman–Crippen LogP) is 4.68. The summed E-state index contributed by atoms with van der Waals surface area (Å²) in [5, 5.41) is 7.27. The van der Waals surface area contributed by atoms with E-state index < -0.39 is 0 Å². The van der Waals surface area contributed by atoms with Crippen LogP contribution in [0.1, 0.15) is 29.5 Å². The monoisotopic (exact) mass is 296 g/mol. The quantitative estimate of drug-likeness (QED) is 0.787. The number of thiocarbonyl (C=S) groups is 1. The van der Waals surface area contributed by atoms with Gasteiger partial charge in [0.1, 0.15) is 0 Å². The van der Waals surface area contributed by atoms with Gasteiger partial charge in [-0.15, -0.1) is 0 Å². The number of hydrogen-bond acceptors (Lipinski definition) is 1. The van der Waals surface area contributed by atoms with Crippen LogP contribution < -0.4 is 10.6 Å². The first-order chi connectivity index (χ1) is 10.2. The zero-order valence-corrected chi connectivity index (χ0v) is 13.1. The third-order valence-electron chi connectivity index (χ3n) is 3.92. The van der Waals surface area contributed by atoms with Crippen LogP contribution >= 0.6 is 12.2 Å². The first-order valence-electron chi connectivity index (χ1n) is 7.48. The van der Waals surface area contributed by atoms with Crippen LogP contribution in [0.15, 0.2) is 42.5 Å². The fourth-order valence-corrected chi connectivity index (χ4v) is 3.13. The van der Waals surface area contributed by atoms with Crippen LogP contribution in [0.2, 0.25) is 0 Å². The molecule has 21 heavy (non-hydrogen) atoms. The Morgan fingerprint density at radius 3 is 2.67 bits per heavy atom. The van der Waals surface area contributed by atoms with E-state index in [2.05, 4.69) is 47.9 Å². The van der Waals surface area contributed by atoms with Crippen LogP contribution in [-0.4, -0.2) is 5.11 Å². The molecule has 108 valence electrons. The molecular formula is C18H20N2S. The van der Waals surface area contributed by atoms with Gasteiger partial charge in [0.05, 0.1) is 0 Å². The van der Waals surface area contributed by atoms with Crippen molar-refractivity contribution >= 4 is 28.7 Å². The van der Waals surface area contributed by atoms with Gasteiger partial charge in [0.15, 0.2) is 5.11 Å². The van der Waals surface area contributed by atoms with E-state index in [9.17, 15) is 0 Å². The Kier molecular flexibility index (Phi) is 4.20. The third kappa shape index (κ3) is 3.42. The van der Waals surface area contributed by atoms with Gasteiger partial charge in [0, 0.05) is 11.4 Å². The number of benzene rings is 2. The summed E-state index contributed by atoms with van der Waals surface area (Å²) in [7, 11) is 0. The van der Waals surface area contributed by atoms with Crippen molar-refractivity contribution in [2.24, 2.45) is 0 Å². The van der Waals surface area contributed by atoms with Crippen LogP contribution in [0.5, 0.6) is 0 Å². The average molecular weight is 296 g/mol. The topological polar surface area (TPSA) is 24.1 Å². The molecule has 0 atom stereocenters. The molecule has 0 unspecified atom stereocenters. The smallest absolute Gasteiger partial charge is 0.175 e. The van der Waals surface area contributed by atoms with Crippen molar-refractivity contribution < 1.29 is 0 Å². The number of fused-ring (bicyclic) bond motifs is 1. The zero-order valence-electron chi connectivity index (χ0n) is 12.3. The van der Waals surface area contributed by atoms with Crippen LogP contribution in [0.4, 0.5) is 11.4 Å². The van der Waals surface area contributed by atoms with Crippen molar-refractivity contribution in [2.75, 3.05) is 10.6 Å². The van der Waals surface area contributed by atoms with Crippen LogP contribution in [0, 0.1) is 6.92 Å². The fourth-order valence-electron chi connectivity index (χ4n) is 2.91. The van der Waals surface area contributed by atoms with Gasteiger partial charge in [-0.2, -0.15) is 0 Å². The minimum Gasteiger partial charge on any atom is -0.332 e. The highest BCUT2D eigenvalue weighted by molar-refractivity contribution is 7.80. The molecule has 0 fully saturated rings. The van der Waals surface area contributed by atoms with Gasteiger partial charge >= 0.3 is 0 Å². The van der Waals surface area contributed by atoms with Crippen LogP contribution in [0.3, 0.4) is 0 Å². The van der Waals surface area contributed by atoms with E-state index in [1.807, 2.05) is 12.1 Å². The lowest BCUT2D eigenvalue weighted by molar-refractivity contribution is 0.687. The molecule has 1 aliphatic carbocycles. The number of aryl methyl sites for hydroxylation is 2. The summed E-state index contributed by atoms with van der Waals surface area (Å²) in [5.41, 5.74) is 6.29. The zero-order chi connectivity index (χ0) is 14.7. The van der Waals surface area contributed by atoms with Gasteiger partial charge in [-0.25, -0.2) is 0 Å². The summed E-state index contributed by atoms with van der Waals surface area (Å²) < 4.78 is 0. The maximum Gasteiger partial charge on any atom is 0.175 e. The van der Waals surface area contributed by atoms with Gasteiger partial charge in [0.25, 0.3) is 0 Å². The summed E-state index contributed by atoms with van der Waals surface area (Å²) in [6.07, 6.45) is 4.89. The lowest BCUT2D eigenvalue weighted by Gasteiger charge is -2.20. The molecule has 0 saturated carbocycles. The molecule has 2 aromatic rings. The van der Waals surface area contributed by atoms with Gasteiger partial charge in [-0.05, 0) is 79.7 Å².